The summed E-state index contributed by atoms with van der Waals surface area (Å²) in [5.41, 5.74) is -0.510. The Bertz CT molecular complexity index is 479. The monoisotopic (exact) mass is 224 g/mol. The van der Waals surface area contributed by atoms with Gasteiger partial charge in [-0.25, -0.2) is 4.79 Å². The molecule has 0 saturated carbocycles. The lowest BCUT2D eigenvalue weighted by Gasteiger charge is -2.01. The second-order valence-electron chi connectivity index (χ2n) is 3.21. The summed E-state index contributed by atoms with van der Waals surface area (Å²) in [6.07, 6.45) is 0. The fraction of sp³-hybridized carbons (Fsp3) is 0.273. The molecule has 0 heterocycles. The summed E-state index contributed by atoms with van der Waals surface area (Å²) in [5, 5.41) is 18.6. The first-order chi connectivity index (χ1) is 7.47. The Morgan fingerprint density at radius 1 is 1.31 bits per heavy atom. The first-order valence-electron chi connectivity index (χ1n) is 4.71. The Morgan fingerprint density at radius 3 is 2.44 bits per heavy atom. The van der Waals surface area contributed by atoms with E-state index in [0.717, 1.165) is 12.1 Å². The van der Waals surface area contributed by atoms with Crippen LogP contribution in [-0.2, 0) is 4.74 Å². The minimum Gasteiger partial charge on any atom is -0.504 e. The molecule has 86 valence electrons. The molecular weight excluding hydrogens is 212 g/mol. The molecule has 0 aliphatic heterocycles. The zero-order valence-electron chi connectivity index (χ0n) is 8.98. The Labute approximate surface area is 91.9 Å². The highest BCUT2D eigenvalue weighted by Crippen LogP contribution is 2.16. The van der Waals surface area contributed by atoms with Crippen molar-refractivity contribution in [1.82, 2.24) is 0 Å². The Hall–Kier alpha value is -2.04. The predicted molar refractivity (Wildman–Crippen MR) is 56.7 cm³/mol. The first kappa shape index (κ1) is 12.0. The zero-order valence-corrected chi connectivity index (χ0v) is 8.98. The molecule has 1 aromatic carbocycles. The van der Waals surface area contributed by atoms with Gasteiger partial charge in [-0.15, -0.1) is 0 Å². The van der Waals surface area contributed by atoms with Gasteiger partial charge in [0.1, 0.15) is 0 Å². The largest absolute Gasteiger partial charge is 0.504 e. The average Bonchev–Trinajstić information content (AvgIpc) is 2.31. The van der Waals surface area contributed by atoms with Gasteiger partial charge in [0.25, 0.3) is 5.43 Å². The van der Waals surface area contributed by atoms with Gasteiger partial charge in [0.2, 0.25) is 0 Å². The summed E-state index contributed by atoms with van der Waals surface area (Å²) >= 11 is 0. The molecule has 16 heavy (non-hydrogen) atoms. The van der Waals surface area contributed by atoms with Crippen molar-refractivity contribution in [3.05, 3.63) is 33.5 Å². The molecule has 0 atom stereocenters. The molecule has 0 radical (unpaired) electrons. The molecule has 1 rings (SSSR count). The topological polar surface area (TPSA) is 83.8 Å². The lowest BCUT2D eigenvalue weighted by molar-refractivity contribution is 0.0525. The number of aryl methyl sites for hydroxylation is 1. The van der Waals surface area contributed by atoms with Gasteiger partial charge < -0.3 is 14.9 Å². The van der Waals surface area contributed by atoms with E-state index in [4.69, 9.17) is 4.74 Å². The van der Waals surface area contributed by atoms with Crippen LogP contribution in [0.25, 0.3) is 0 Å². The Morgan fingerprint density at radius 2 is 1.88 bits per heavy atom. The average molecular weight is 224 g/mol. The summed E-state index contributed by atoms with van der Waals surface area (Å²) in [4.78, 5) is 22.7. The number of carbonyl (C=O) groups is 1. The van der Waals surface area contributed by atoms with Crippen molar-refractivity contribution in [2.75, 3.05) is 6.61 Å². The van der Waals surface area contributed by atoms with Crippen molar-refractivity contribution in [1.29, 1.82) is 0 Å². The quantitative estimate of drug-likeness (QED) is 0.730. The summed E-state index contributed by atoms with van der Waals surface area (Å²) in [6, 6.07) is 2.11. The van der Waals surface area contributed by atoms with Crippen LogP contribution in [0, 0.1) is 6.92 Å². The molecule has 0 amide bonds. The third-order valence-electron chi connectivity index (χ3n) is 2.02. The van der Waals surface area contributed by atoms with Gasteiger partial charge in [-0.2, -0.15) is 0 Å². The van der Waals surface area contributed by atoms with Crippen LogP contribution in [0.5, 0.6) is 11.5 Å². The third kappa shape index (κ3) is 2.31. The van der Waals surface area contributed by atoms with Gasteiger partial charge in [0.15, 0.2) is 11.5 Å². The summed E-state index contributed by atoms with van der Waals surface area (Å²) in [6.45, 7) is 3.37. The number of hydrogen-bond donors (Lipinski definition) is 2. The van der Waals surface area contributed by atoms with Gasteiger partial charge in [-0.1, -0.05) is 0 Å². The molecule has 0 aromatic heterocycles. The molecule has 5 heteroatoms. The highest BCUT2D eigenvalue weighted by molar-refractivity contribution is 5.91. The molecule has 0 spiro atoms. The smallest absolute Gasteiger partial charge is 0.338 e. The molecule has 1 aromatic rings. The maximum absolute atomic E-state index is 11.5. The van der Waals surface area contributed by atoms with E-state index in [1.165, 1.54) is 6.92 Å². The number of rotatable bonds is 2. The van der Waals surface area contributed by atoms with Gasteiger partial charge in [0.05, 0.1) is 12.2 Å². The Balaban J connectivity index is 3.43. The van der Waals surface area contributed by atoms with E-state index < -0.39 is 22.9 Å². The van der Waals surface area contributed by atoms with Crippen molar-refractivity contribution >= 4 is 5.97 Å². The van der Waals surface area contributed by atoms with Crippen LogP contribution in [0.2, 0.25) is 0 Å². The van der Waals surface area contributed by atoms with Crippen LogP contribution in [0.4, 0.5) is 0 Å². The van der Waals surface area contributed by atoms with Gasteiger partial charge in [0, 0.05) is 0 Å². The molecule has 0 aliphatic rings. The molecule has 0 fully saturated rings. The maximum atomic E-state index is 11.5. The van der Waals surface area contributed by atoms with Crippen LogP contribution >= 0.6 is 0 Å². The second-order valence-corrected chi connectivity index (χ2v) is 3.21. The summed E-state index contributed by atoms with van der Waals surface area (Å²) in [5.74, 6) is -1.94. The highest BCUT2D eigenvalue weighted by Gasteiger charge is 2.13. The van der Waals surface area contributed by atoms with Gasteiger partial charge in [-0.05, 0) is 31.5 Å². The van der Waals surface area contributed by atoms with Crippen LogP contribution in [0.15, 0.2) is 16.9 Å². The number of ether oxygens (including phenoxy) is 1. The van der Waals surface area contributed by atoms with Crippen molar-refractivity contribution in [3.8, 4) is 11.5 Å². The molecule has 0 saturated heterocycles. The first-order valence-corrected chi connectivity index (χ1v) is 4.71. The summed E-state index contributed by atoms with van der Waals surface area (Å²) in [7, 11) is 0. The van der Waals surface area contributed by atoms with Crippen LogP contribution in [-0.4, -0.2) is 22.8 Å². The van der Waals surface area contributed by atoms with E-state index in [1.54, 1.807) is 6.92 Å². The fourth-order valence-corrected chi connectivity index (χ4v) is 1.22. The lowest BCUT2D eigenvalue weighted by atomic mass is 10.2. The minimum atomic E-state index is -0.918. The standard InChI is InChI=1S/C11H12O5/c1-3-16-11(15)7-5-9(13)10(14)8(12)4-6(7)2/h4-5H,3H2,1-2H3,(H2,12,13,14). The van der Waals surface area contributed by atoms with Crippen molar-refractivity contribution in [2.45, 2.75) is 13.8 Å². The second kappa shape index (κ2) is 4.65. The molecule has 2 N–H and O–H groups in total. The number of carbonyl (C=O) groups excluding carboxylic acids is 1. The molecule has 5 nitrogen and oxygen atoms in total. The minimum absolute atomic E-state index is 0.0525. The predicted octanol–water partition coefficient (Wildman–Crippen LogP) is 0.943. The molecule has 0 aliphatic carbocycles. The maximum Gasteiger partial charge on any atom is 0.338 e. The van der Waals surface area contributed by atoms with Crippen molar-refractivity contribution in [2.24, 2.45) is 0 Å². The van der Waals surface area contributed by atoms with Gasteiger partial charge >= 0.3 is 5.97 Å². The number of aromatic hydroxyl groups is 2. The zero-order chi connectivity index (χ0) is 12.3. The van der Waals surface area contributed by atoms with Crippen LogP contribution < -0.4 is 5.43 Å². The third-order valence-corrected chi connectivity index (χ3v) is 2.02. The molecule has 0 bridgehead atoms. The van der Waals surface area contributed by atoms with Crippen molar-refractivity contribution < 1.29 is 19.7 Å². The van der Waals surface area contributed by atoms with E-state index in [0.29, 0.717) is 5.56 Å². The SMILES string of the molecule is CCOC(=O)c1cc(O)c(=O)c(O)cc1C. The summed E-state index contributed by atoms with van der Waals surface area (Å²) < 4.78 is 4.75. The highest BCUT2D eigenvalue weighted by atomic mass is 16.5. The van der Waals surface area contributed by atoms with Crippen LogP contribution in [0.3, 0.4) is 0 Å². The fourth-order valence-electron chi connectivity index (χ4n) is 1.22. The molecular formula is C11H12O5. The van der Waals surface area contributed by atoms with Crippen LogP contribution in [0.1, 0.15) is 22.8 Å². The number of esters is 1. The molecule has 0 unspecified atom stereocenters. The van der Waals surface area contributed by atoms with E-state index in [2.05, 4.69) is 0 Å². The normalized spacial score (nSPS) is 9.88. The van der Waals surface area contributed by atoms with E-state index >= 15 is 0 Å². The van der Waals surface area contributed by atoms with Crippen molar-refractivity contribution in [3.63, 3.8) is 0 Å². The van der Waals surface area contributed by atoms with E-state index in [1.807, 2.05) is 0 Å². The number of hydrogen-bond acceptors (Lipinski definition) is 5. The van der Waals surface area contributed by atoms with E-state index in [-0.39, 0.29) is 12.2 Å². The lowest BCUT2D eigenvalue weighted by Crippen LogP contribution is -2.05. The van der Waals surface area contributed by atoms with E-state index in [9.17, 15) is 19.8 Å². The Kier molecular flexibility index (Phi) is 3.50. The van der Waals surface area contributed by atoms with Gasteiger partial charge in [-0.3, -0.25) is 4.79 Å².